The first kappa shape index (κ1) is 24.1. The van der Waals surface area contributed by atoms with E-state index in [2.05, 4.69) is 10.0 Å². The Balaban J connectivity index is 1.74. The van der Waals surface area contributed by atoms with Gasteiger partial charge >= 0.3 is 0 Å². The number of hydrogen-bond acceptors (Lipinski definition) is 5. The number of anilines is 1. The van der Waals surface area contributed by atoms with Crippen molar-refractivity contribution in [3.05, 3.63) is 59.2 Å². The Labute approximate surface area is 194 Å². The third-order valence-corrected chi connectivity index (χ3v) is 7.50. The molecule has 32 heavy (non-hydrogen) atoms. The summed E-state index contributed by atoms with van der Waals surface area (Å²) in [6.45, 7) is 9.28. The number of hydrogen-bond donors (Lipinski definition) is 2. The zero-order valence-corrected chi connectivity index (χ0v) is 20.6. The number of aryl methyl sites for hydroxylation is 2. The van der Waals surface area contributed by atoms with Gasteiger partial charge in [0.2, 0.25) is 5.91 Å². The van der Waals surface area contributed by atoms with E-state index in [9.17, 15) is 18.0 Å². The second-order valence-electron chi connectivity index (χ2n) is 8.98. The highest BCUT2D eigenvalue weighted by molar-refractivity contribution is 7.99. The topological polar surface area (TPSA) is 95.6 Å². The number of rotatable bonds is 5. The van der Waals surface area contributed by atoms with Crippen molar-refractivity contribution in [3.8, 4) is 0 Å². The lowest BCUT2D eigenvalue weighted by Crippen LogP contribution is -2.52. The van der Waals surface area contributed by atoms with Crippen molar-refractivity contribution in [2.24, 2.45) is 0 Å². The third-order valence-electron chi connectivity index (χ3n) is 4.96. The number of carbonyl (C=O) groups is 2. The number of nitrogens with zero attached hydrogens (tertiary/aromatic N) is 1. The predicted molar refractivity (Wildman–Crippen MR) is 128 cm³/mol. The number of sulfonamides is 1. The van der Waals surface area contributed by atoms with E-state index in [0.29, 0.717) is 28.4 Å². The number of nitrogens with one attached hydrogen (secondary N) is 2. The zero-order valence-electron chi connectivity index (χ0n) is 18.9. The van der Waals surface area contributed by atoms with E-state index in [1.807, 2.05) is 33.8 Å². The quantitative estimate of drug-likeness (QED) is 0.690. The molecule has 0 saturated carbocycles. The van der Waals surface area contributed by atoms with Crippen molar-refractivity contribution in [2.75, 3.05) is 16.4 Å². The minimum absolute atomic E-state index is 0.172. The van der Waals surface area contributed by atoms with Crippen LogP contribution >= 0.6 is 11.8 Å². The molecule has 0 bridgehead atoms. The molecule has 172 valence electrons. The number of amides is 2. The van der Waals surface area contributed by atoms with Crippen LogP contribution in [0.3, 0.4) is 0 Å². The van der Waals surface area contributed by atoms with E-state index in [-0.39, 0.29) is 22.2 Å². The maximum Gasteiger partial charge on any atom is 0.262 e. The molecule has 1 aliphatic heterocycles. The first-order chi connectivity index (χ1) is 14.9. The standard InChI is InChI=1S/C23H29N3O4S2/c1-15-6-7-16(2)20(12-15)32(29,30)25-18-10-8-17(9-11-18)22(28)26-14-31-13-19(26)21(27)24-23(3,4)5/h6-12,19,25H,13-14H2,1-5H3,(H,24,27). The van der Waals surface area contributed by atoms with E-state index in [1.54, 1.807) is 48.2 Å². The summed E-state index contributed by atoms with van der Waals surface area (Å²) in [6.07, 6.45) is 0. The van der Waals surface area contributed by atoms with Gasteiger partial charge in [-0.15, -0.1) is 11.8 Å². The second kappa shape index (κ2) is 9.15. The van der Waals surface area contributed by atoms with Gasteiger partial charge in [-0.05, 0) is 76.1 Å². The minimum Gasteiger partial charge on any atom is -0.350 e. The Morgan fingerprint density at radius 3 is 2.34 bits per heavy atom. The lowest BCUT2D eigenvalue weighted by molar-refractivity contribution is -0.125. The van der Waals surface area contributed by atoms with Gasteiger partial charge in [0.25, 0.3) is 15.9 Å². The smallest absolute Gasteiger partial charge is 0.262 e. The molecule has 2 amide bonds. The predicted octanol–water partition coefficient (Wildman–Crippen LogP) is 3.53. The monoisotopic (exact) mass is 475 g/mol. The van der Waals surface area contributed by atoms with Crippen molar-refractivity contribution in [1.82, 2.24) is 10.2 Å². The highest BCUT2D eigenvalue weighted by Crippen LogP contribution is 2.25. The van der Waals surface area contributed by atoms with Crippen LogP contribution in [0.5, 0.6) is 0 Å². The molecule has 2 N–H and O–H groups in total. The number of benzene rings is 2. The summed E-state index contributed by atoms with van der Waals surface area (Å²) < 4.78 is 28.2. The van der Waals surface area contributed by atoms with Crippen molar-refractivity contribution in [3.63, 3.8) is 0 Å². The molecule has 2 aromatic carbocycles. The van der Waals surface area contributed by atoms with Gasteiger partial charge in [-0.3, -0.25) is 14.3 Å². The van der Waals surface area contributed by atoms with E-state index in [0.717, 1.165) is 5.56 Å². The normalized spacial score (nSPS) is 16.7. The summed E-state index contributed by atoms with van der Waals surface area (Å²) >= 11 is 1.53. The van der Waals surface area contributed by atoms with Crippen LogP contribution < -0.4 is 10.0 Å². The molecule has 1 saturated heterocycles. The fraction of sp³-hybridized carbons (Fsp3) is 0.391. The summed E-state index contributed by atoms with van der Waals surface area (Å²) in [5, 5.41) is 2.93. The molecule has 1 fully saturated rings. The molecule has 0 spiro atoms. The molecule has 1 atom stereocenters. The maximum atomic E-state index is 13.0. The molecule has 2 aromatic rings. The highest BCUT2D eigenvalue weighted by atomic mass is 32.2. The Morgan fingerprint density at radius 2 is 1.72 bits per heavy atom. The van der Waals surface area contributed by atoms with Gasteiger partial charge in [-0.2, -0.15) is 0 Å². The molecule has 3 rings (SSSR count). The Morgan fingerprint density at radius 1 is 1.06 bits per heavy atom. The van der Waals surface area contributed by atoms with Gasteiger partial charge in [0.05, 0.1) is 10.8 Å². The summed E-state index contributed by atoms with van der Waals surface area (Å²) in [5.41, 5.74) is 1.88. The summed E-state index contributed by atoms with van der Waals surface area (Å²) in [6, 6.07) is 11.0. The van der Waals surface area contributed by atoms with Crippen molar-refractivity contribution in [1.29, 1.82) is 0 Å². The summed E-state index contributed by atoms with van der Waals surface area (Å²) in [7, 11) is -3.75. The van der Waals surface area contributed by atoms with Crippen LogP contribution in [0.1, 0.15) is 42.3 Å². The molecule has 7 nitrogen and oxygen atoms in total. The SMILES string of the molecule is Cc1ccc(C)c(S(=O)(=O)Nc2ccc(C(=O)N3CSCC3C(=O)NC(C)(C)C)cc2)c1. The Kier molecular flexibility index (Phi) is 6.90. The first-order valence-electron chi connectivity index (χ1n) is 10.3. The average molecular weight is 476 g/mol. The van der Waals surface area contributed by atoms with E-state index in [1.165, 1.54) is 11.8 Å². The van der Waals surface area contributed by atoms with Crippen molar-refractivity contribution in [2.45, 2.75) is 51.1 Å². The van der Waals surface area contributed by atoms with Gasteiger partial charge in [0, 0.05) is 22.5 Å². The van der Waals surface area contributed by atoms with Crippen molar-refractivity contribution >= 4 is 39.3 Å². The lowest BCUT2D eigenvalue weighted by atomic mass is 10.1. The van der Waals surface area contributed by atoms with Crippen LogP contribution in [0, 0.1) is 13.8 Å². The molecule has 0 aliphatic carbocycles. The van der Waals surface area contributed by atoms with Gasteiger partial charge in [0.1, 0.15) is 6.04 Å². The van der Waals surface area contributed by atoms with E-state index < -0.39 is 16.1 Å². The van der Waals surface area contributed by atoms with Crippen LogP contribution in [0.15, 0.2) is 47.4 Å². The summed E-state index contributed by atoms with van der Waals surface area (Å²) in [5.74, 6) is 0.547. The molecular formula is C23H29N3O4S2. The fourth-order valence-electron chi connectivity index (χ4n) is 3.37. The lowest BCUT2D eigenvalue weighted by Gasteiger charge is -2.27. The summed E-state index contributed by atoms with van der Waals surface area (Å²) in [4.78, 5) is 27.4. The highest BCUT2D eigenvalue weighted by Gasteiger charge is 2.36. The molecule has 0 aromatic heterocycles. The average Bonchev–Trinajstić information content (AvgIpc) is 3.18. The molecule has 1 heterocycles. The fourth-order valence-corrected chi connectivity index (χ4v) is 5.91. The third kappa shape index (κ3) is 5.63. The largest absolute Gasteiger partial charge is 0.350 e. The van der Waals surface area contributed by atoms with E-state index >= 15 is 0 Å². The second-order valence-corrected chi connectivity index (χ2v) is 11.6. The minimum atomic E-state index is -3.75. The zero-order chi connectivity index (χ0) is 23.7. The van der Waals surface area contributed by atoms with Gasteiger partial charge in [0.15, 0.2) is 0 Å². The molecule has 1 aliphatic rings. The van der Waals surface area contributed by atoms with Crippen LogP contribution in [0.25, 0.3) is 0 Å². The first-order valence-corrected chi connectivity index (χ1v) is 12.9. The molecule has 1 unspecified atom stereocenters. The van der Waals surface area contributed by atoms with Gasteiger partial charge < -0.3 is 10.2 Å². The number of carbonyl (C=O) groups excluding carboxylic acids is 2. The Bertz CT molecular complexity index is 1120. The molecule has 0 radical (unpaired) electrons. The van der Waals surface area contributed by atoms with Crippen LogP contribution in [-0.4, -0.2) is 48.3 Å². The maximum absolute atomic E-state index is 13.0. The van der Waals surface area contributed by atoms with Gasteiger partial charge in [-0.1, -0.05) is 12.1 Å². The van der Waals surface area contributed by atoms with Crippen LogP contribution in [-0.2, 0) is 14.8 Å². The van der Waals surface area contributed by atoms with Gasteiger partial charge in [-0.25, -0.2) is 8.42 Å². The van der Waals surface area contributed by atoms with Crippen molar-refractivity contribution < 1.29 is 18.0 Å². The van der Waals surface area contributed by atoms with Crippen LogP contribution in [0.4, 0.5) is 5.69 Å². The molecule has 9 heteroatoms. The Hall–Kier alpha value is -2.52. The van der Waals surface area contributed by atoms with Crippen LogP contribution in [0.2, 0.25) is 0 Å². The van der Waals surface area contributed by atoms with E-state index in [4.69, 9.17) is 0 Å². The number of thioether (sulfide) groups is 1. The molecular weight excluding hydrogens is 446 g/mol.